The molecule has 10 heteroatoms. The van der Waals surface area contributed by atoms with Gasteiger partial charge in [-0.2, -0.15) is 0 Å². The van der Waals surface area contributed by atoms with Gasteiger partial charge in [0.2, 0.25) is 10.0 Å². The van der Waals surface area contributed by atoms with E-state index in [2.05, 4.69) is 10.6 Å². The monoisotopic (exact) mass is 451 g/mol. The van der Waals surface area contributed by atoms with E-state index in [1.807, 2.05) is 0 Å². The Morgan fingerprint density at radius 2 is 1.79 bits per heavy atom. The summed E-state index contributed by atoms with van der Waals surface area (Å²) in [7, 11) is -3.83. The normalized spacial score (nSPS) is 16.8. The highest BCUT2D eigenvalue weighted by atomic mass is 35.5. The molecule has 1 aliphatic heterocycles. The Morgan fingerprint density at radius 1 is 1.17 bits per heavy atom. The minimum Gasteiger partial charge on any atom is -0.463 e. The van der Waals surface area contributed by atoms with Gasteiger partial charge < -0.3 is 15.4 Å². The Labute approximate surface area is 178 Å². The van der Waals surface area contributed by atoms with E-state index in [0.29, 0.717) is 32.5 Å². The Kier molecular flexibility index (Phi) is 6.23. The van der Waals surface area contributed by atoms with Crippen molar-refractivity contribution in [3.8, 4) is 0 Å². The van der Waals surface area contributed by atoms with Crippen molar-refractivity contribution in [3.05, 3.63) is 70.3 Å². The van der Waals surface area contributed by atoms with Crippen LogP contribution in [0.2, 0.25) is 5.02 Å². The van der Waals surface area contributed by atoms with Crippen LogP contribution in [0.4, 0.5) is 0 Å². The van der Waals surface area contributed by atoms with Crippen molar-refractivity contribution in [2.45, 2.75) is 17.9 Å². The van der Waals surface area contributed by atoms with Gasteiger partial charge in [0, 0.05) is 5.02 Å². The van der Waals surface area contributed by atoms with Crippen molar-refractivity contribution in [2.24, 2.45) is 5.14 Å². The van der Waals surface area contributed by atoms with Crippen molar-refractivity contribution in [1.82, 2.24) is 10.6 Å². The number of carbonyl (C=O) groups excluding carboxylic acids is 1. The summed E-state index contributed by atoms with van der Waals surface area (Å²) in [6, 6.07) is 12.2. The maximum Gasteiger partial charge on any atom is 0.338 e. The van der Waals surface area contributed by atoms with Gasteiger partial charge in [0.15, 0.2) is 5.11 Å². The highest BCUT2D eigenvalue weighted by molar-refractivity contribution is 7.89. The third kappa shape index (κ3) is 4.76. The maximum atomic E-state index is 12.8. The summed E-state index contributed by atoms with van der Waals surface area (Å²) in [6.45, 7) is 1.91. The van der Waals surface area contributed by atoms with E-state index in [-0.39, 0.29) is 11.5 Å². The molecule has 152 valence electrons. The fourth-order valence-corrected chi connectivity index (χ4v) is 3.80. The van der Waals surface area contributed by atoms with Gasteiger partial charge in [-0.05, 0) is 54.5 Å². The third-order valence-electron chi connectivity index (χ3n) is 4.24. The zero-order chi connectivity index (χ0) is 21.2. The van der Waals surface area contributed by atoms with E-state index in [4.69, 9.17) is 33.7 Å². The number of ether oxygens (including phenoxy) is 1. The van der Waals surface area contributed by atoms with Gasteiger partial charge in [0.05, 0.1) is 28.8 Å². The average molecular weight is 452 g/mol. The van der Waals surface area contributed by atoms with Gasteiger partial charge in [0.1, 0.15) is 0 Å². The van der Waals surface area contributed by atoms with Crippen molar-refractivity contribution in [3.63, 3.8) is 0 Å². The van der Waals surface area contributed by atoms with E-state index in [1.165, 1.54) is 12.1 Å². The van der Waals surface area contributed by atoms with Gasteiger partial charge in [-0.25, -0.2) is 18.4 Å². The Bertz CT molecular complexity index is 1080. The molecule has 1 atom stereocenters. The molecule has 1 unspecified atom stereocenters. The molecule has 0 radical (unpaired) electrons. The zero-order valence-electron chi connectivity index (χ0n) is 15.3. The fraction of sp³-hybridized carbons (Fsp3) is 0.158. The van der Waals surface area contributed by atoms with E-state index in [9.17, 15) is 13.2 Å². The van der Waals surface area contributed by atoms with Crippen LogP contribution in [0.1, 0.15) is 24.1 Å². The number of nitrogens with one attached hydrogen (secondary N) is 2. The van der Waals surface area contributed by atoms with Crippen LogP contribution in [0.25, 0.3) is 5.70 Å². The third-order valence-corrected chi connectivity index (χ3v) is 5.64. The number of nitrogens with two attached hydrogens (primary N) is 1. The number of hydrogen-bond acceptors (Lipinski definition) is 5. The van der Waals surface area contributed by atoms with Crippen molar-refractivity contribution >= 4 is 50.6 Å². The first-order valence-corrected chi connectivity index (χ1v) is 10.9. The smallest absolute Gasteiger partial charge is 0.338 e. The minimum absolute atomic E-state index is 0.0302. The van der Waals surface area contributed by atoms with Crippen LogP contribution in [0.15, 0.2) is 59.0 Å². The fourth-order valence-electron chi connectivity index (χ4n) is 2.94. The van der Waals surface area contributed by atoms with Gasteiger partial charge in [-0.15, -0.1) is 0 Å². The second-order valence-electron chi connectivity index (χ2n) is 6.16. The van der Waals surface area contributed by atoms with Crippen molar-refractivity contribution < 1.29 is 17.9 Å². The number of esters is 1. The van der Waals surface area contributed by atoms with Crippen LogP contribution in [0, 0.1) is 0 Å². The lowest BCUT2D eigenvalue weighted by Crippen LogP contribution is -2.45. The van der Waals surface area contributed by atoms with Crippen LogP contribution in [0.5, 0.6) is 0 Å². The van der Waals surface area contributed by atoms with Gasteiger partial charge in [-0.1, -0.05) is 35.9 Å². The number of carbonyl (C=O) groups is 1. The second kappa shape index (κ2) is 8.50. The zero-order valence-corrected chi connectivity index (χ0v) is 17.7. The summed E-state index contributed by atoms with van der Waals surface area (Å²) < 4.78 is 28.3. The summed E-state index contributed by atoms with van der Waals surface area (Å²) >= 11 is 11.3. The molecule has 29 heavy (non-hydrogen) atoms. The summed E-state index contributed by atoms with van der Waals surface area (Å²) in [5, 5.41) is 12.1. The lowest BCUT2D eigenvalue weighted by Gasteiger charge is -2.31. The highest BCUT2D eigenvalue weighted by Gasteiger charge is 2.33. The first-order valence-electron chi connectivity index (χ1n) is 8.58. The van der Waals surface area contributed by atoms with Crippen LogP contribution in [-0.2, 0) is 19.6 Å². The number of primary sulfonamides is 1. The first-order chi connectivity index (χ1) is 13.7. The molecule has 0 fully saturated rings. The van der Waals surface area contributed by atoms with E-state index >= 15 is 0 Å². The molecule has 0 saturated carbocycles. The predicted molar refractivity (Wildman–Crippen MR) is 114 cm³/mol. The number of sulfonamides is 1. The Balaban J connectivity index is 2.15. The standard InChI is InChI=1S/C19H18ClN3O4S2/c1-2-27-18(24)15-16(11-3-7-13(20)8-4-11)22-19(28)23-17(15)12-5-9-14(10-6-12)29(21,25)26/h3-10,17H,2H2,1H3,(H2,21,25,26)(H2,22,23,28). The number of rotatable bonds is 5. The first kappa shape index (κ1) is 21.3. The average Bonchev–Trinajstić information content (AvgIpc) is 2.67. The molecule has 0 saturated heterocycles. The molecule has 2 aromatic carbocycles. The molecule has 0 aromatic heterocycles. The van der Waals surface area contributed by atoms with Crippen molar-refractivity contribution in [2.75, 3.05) is 6.61 Å². The maximum absolute atomic E-state index is 12.8. The van der Waals surface area contributed by atoms with E-state index in [1.54, 1.807) is 43.3 Å². The van der Waals surface area contributed by atoms with Crippen LogP contribution in [-0.4, -0.2) is 26.1 Å². The second-order valence-corrected chi connectivity index (χ2v) is 8.57. The number of halogens is 1. The SMILES string of the molecule is CCOC(=O)C1=C(c2ccc(Cl)cc2)NC(=S)NC1c1ccc(S(N)(=O)=O)cc1. The molecule has 0 bridgehead atoms. The lowest BCUT2D eigenvalue weighted by atomic mass is 9.93. The molecule has 0 spiro atoms. The highest BCUT2D eigenvalue weighted by Crippen LogP contribution is 2.32. The summed E-state index contributed by atoms with van der Waals surface area (Å²) in [4.78, 5) is 12.8. The summed E-state index contributed by atoms with van der Waals surface area (Å²) in [5.74, 6) is -0.527. The molecule has 4 N–H and O–H groups in total. The molecule has 0 amide bonds. The van der Waals surface area contributed by atoms with E-state index in [0.717, 1.165) is 0 Å². The van der Waals surface area contributed by atoms with Gasteiger partial charge >= 0.3 is 5.97 Å². The molecule has 1 heterocycles. The number of hydrogen-bond donors (Lipinski definition) is 3. The number of thiocarbonyl (C=S) groups is 1. The largest absolute Gasteiger partial charge is 0.463 e. The predicted octanol–water partition coefficient (Wildman–Crippen LogP) is 2.48. The summed E-state index contributed by atoms with van der Waals surface area (Å²) in [5.41, 5.74) is 2.12. The quantitative estimate of drug-likeness (QED) is 0.473. The Hall–Kier alpha value is -2.46. The molecule has 2 aromatic rings. The molecule has 7 nitrogen and oxygen atoms in total. The lowest BCUT2D eigenvalue weighted by molar-refractivity contribution is -0.138. The molecule has 0 aliphatic carbocycles. The van der Waals surface area contributed by atoms with Crippen LogP contribution >= 0.6 is 23.8 Å². The molecular formula is C19H18ClN3O4S2. The van der Waals surface area contributed by atoms with Gasteiger partial charge in [-0.3, -0.25) is 0 Å². The van der Waals surface area contributed by atoms with Gasteiger partial charge in [0.25, 0.3) is 0 Å². The minimum atomic E-state index is -3.83. The molecular weight excluding hydrogens is 434 g/mol. The molecule has 1 aliphatic rings. The number of benzene rings is 2. The van der Waals surface area contributed by atoms with Crippen molar-refractivity contribution in [1.29, 1.82) is 0 Å². The Morgan fingerprint density at radius 3 is 2.34 bits per heavy atom. The van der Waals surface area contributed by atoms with Crippen LogP contribution in [0.3, 0.4) is 0 Å². The molecule has 3 rings (SSSR count). The van der Waals surface area contributed by atoms with Crippen LogP contribution < -0.4 is 15.8 Å². The van der Waals surface area contributed by atoms with E-state index < -0.39 is 22.0 Å². The summed E-state index contributed by atoms with van der Waals surface area (Å²) in [6.07, 6.45) is 0. The topological polar surface area (TPSA) is 111 Å².